The van der Waals surface area contributed by atoms with Crippen LogP contribution < -0.4 is 37.2 Å². The molecule has 0 aliphatic rings. The standard InChI is InChI=1S/C16H33F2NO3.C16H34FNO3.C14H27F4NO2.2C14H28F3NO2.2C14H29F2NO2/c1-14(2,3)19-8-7-16(17,18)13-21-10-9-20-11-12-22-15(4,5)6;1-15(2,3)18-8-7-14(17)13-20-10-9-19-11-12-21-16(4,5)6;1-11(2,3)19-7-13(15,16)8-20-9-14(17,18)10-21-12(4,5)6;1-12(2,3)18-9-14(16,17)10-19-7-11(15)8-20-13(4,5)6;1-12(2,3)18-7-11(15)8-19-9-14(16,17)10-20-13(4,5)6;1-13(2,3)17-7-11(15)8-18-9-12(16)10-19-14(4,5)6;1-12(2,3)17-8-7-9-18-10-14(15,16)11-19-13(4,5)6/h19H,7-13H2,1-6H3;14,18H,7-13H2,1-6H3;19H,7-10H2,1-6H3;2*11,18H,7-10H2,1-6H3;11-12,17H,7-10H2,1-6H3;17H,7-11H2,1-6H3. The highest BCUT2D eigenvalue weighted by molar-refractivity contribution is 4.83. The van der Waals surface area contributed by atoms with Crippen LogP contribution in [-0.4, -0.2) is 355 Å². The fourth-order valence-corrected chi connectivity index (χ4v) is 8.98. The normalized spacial score (nSPS) is 14.8. The molecule has 0 saturated carbocycles. The highest BCUT2D eigenvalue weighted by Gasteiger charge is 2.39. The lowest BCUT2D eigenvalue weighted by molar-refractivity contribution is -0.169. The molecule has 7 N–H and O–H groups in total. The second kappa shape index (κ2) is 72.5. The van der Waals surface area contributed by atoms with Gasteiger partial charge in [-0.3, -0.25) is 0 Å². The van der Waals surface area contributed by atoms with Crippen molar-refractivity contribution in [1.82, 2.24) is 37.2 Å². The molecule has 0 fully saturated rings. The molecule has 0 heterocycles. The van der Waals surface area contributed by atoms with Crippen LogP contribution in [-0.2, 0) is 75.8 Å². The van der Waals surface area contributed by atoms with Gasteiger partial charge >= 0.3 is 0 Å². The Balaban J connectivity index is -0.000000300. The quantitative estimate of drug-likeness (QED) is 0.0222. The molecule has 0 aromatic rings. The molecule has 0 saturated heterocycles. The predicted octanol–water partition coefficient (Wildman–Crippen LogP) is 22.1. The number of ether oxygens (including phenoxy) is 16. The third kappa shape index (κ3) is 140. The van der Waals surface area contributed by atoms with Gasteiger partial charge in [0, 0.05) is 71.4 Å². The smallest absolute Gasteiger partial charge is 0.293 e. The Kier molecular flexibility index (Phi) is 78.0. The zero-order chi connectivity index (χ0) is 113. The largest absolute Gasteiger partial charge is 0.377 e. The van der Waals surface area contributed by atoms with Crippen molar-refractivity contribution in [2.45, 2.75) is 454 Å². The maximum absolute atomic E-state index is 13.5. The molecule has 0 aliphatic heterocycles. The van der Waals surface area contributed by atoms with E-state index in [0.29, 0.717) is 72.2 Å². The molecule has 142 heavy (non-hydrogen) atoms. The number of hydrogen-bond donors (Lipinski definition) is 7. The highest BCUT2D eigenvalue weighted by Crippen LogP contribution is 2.26. The third-order valence-corrected chi connectivity index (χ3v) is 16.0. The molecule has 5 unspecified atom stereocenters. The van der Waals surface area contributed by atoms with Crippen molar-refractivity contribution in [2.24, 2.45) is 0 Å². The molecule has 0 aromatic carbocycles. The zero-order valence-electron chi connectivity index (χ0n) is 96.1. The van der Waals surface area contributed by atoms with Gasteiger partial charge in [0.05, 0.1) is 151 Å². The average molecular weight is 2110 g/mol. The molecule has 0 spiro atoms. The average Bonchev–Trinajstić information content (AvgIpc) is 0.905. The lowest BCUT2D eigenvalue weighted by atomic mass is 10.1. The van der Waals surface area contributed by atoms with Crippen molar-refractivity contribution < 1.29 is 150 Å². The van der Waals surface area contributed by atoms with Gasteiger partial charge < -0.3 is 113 Å². The van der Waals surface area contributed by atoms with E-state index >= 15 is 0 Å². The van der Waals surface area contributed by atoms with E-state index in [1.807, 2.05) is 125 Å². The molecule has 23 nitrogen and oxygen atoms in total. The van der Waals surface area contributed by atoms with Crippen molar-refractivity contribution in [3.05, 3.63) is 0 Å². The van der Waals surface area contributed by atoms with E-state index in [2.05, 4.69) is 83.5 Å². The molecule has 40 heteroatoms. The van der Waals surface area contributed by atoms with Crippen molar-refractivity contribution in [3.8, 4) is 0 Å². The summed E-state index contributed by atoms with van der Waals surface area (Å²) in [5.74, 6) is -18.4. The first kappa shape index (κ1) is 153. The minimum absolute atomic E-state index is 0.0271. The molecular weight excluding hydrogens is 1900 g/mol. The summed E-state index contributed by atoms with van der Waals surface area (Å²) in [5.41, 5.74) is -4.36. The molecule has 866 valence electrons. The fourth-order valence-electron chi connectivity index (χ4n) is 8.98. The van der Waals surface area contributed by atoms with Gasteiger partial charge in [-0.25, -0.2) is 74.6 Å². The van der Waals surface area contributed by atoms with Crippen LogP contribution in [0, 0.1) is 0 Å². The maximum atomic E-state index is 13.5. The number of hydrogen-bond acceptors (Lipinski definition) is 23. The summed E-state index contributed by atoms with van der Waals surface area (Å²) in [6, 6.07) is 0. The topological polar surface area (TPSA) is 232 Å². The first-order chi connectivity index (χ1) is 63.2. The van der Waals surface area contributed by atoms with Gasteiger partial charge in [0.1, 0.15) is 90.3 Å². The lowest BCUT2D eigenvalue weighted by Gasteiger charge is -2.26. The maximum Gasteiger partial charge on any atom is 0.293 e. The predicted molar refractivity (Wildman–Crippen MR) is 540 cm³/mol. The molecule has 0 aliphatic carbocycles. The van der Waals surface area contributed by atoms with Crippen molar-refractivity contribution in [2.75, 3.05) is 211 Å². The SMILES string of the molecule is CC(C)(C)NCC(F)(F)COCC(F)(F)COC(C)(C)C.CC(C)(C)NCC(F)(F)COCC(F)COC(C)(C)C.CC(C)(C)NCC(F)COCC(F)(F)COC(C)(C)C.CC(C)(C)NCC(F)COCC(F)COC(C)(C)C.CC(C)(C)NCCC(F)(F)COCCOCCOC(C)(C)C.CC(C)(C)NCCC(F)COCCOCCOC(C)(C)C.CC(C)(C)NCCCOCC(F)(F)COC(C)(C)C. The van der Waals surface area contributed by atoms with Crippen LogP contribution in [0.15, 0.2) is 0 Å². The summed E-state index contributed by atoms with van der Waals surface area (Å²) < 4.78 is 310. The fraction of sp³-hybridized carbons (Fsp3) is 1.00. The molecule has 0 amide bonds. The van der Waals surface area contributed by atoms with Crippen LogP contribution in [0.3, 0.4) is 0 Å². The van der Waals surface area contributed by atoms with Crippen molar-refractivity contribution >= 4 is 0 Å². The number of rotatable bonds is 62. The van der Waals surface area contributed by atoms with Gasteiger partial charge in [0.15, 0.2) is 0 Å². The first-order valence-electron chi connectivity index (χ1n) is 49.6. The Hall–Kier alpha value is -2.11. The second-order valence-electron chi connectivity index (χ2n) is 49.5. The Bertz CT molecular complexity index is 2850. The van der Waals surface area contributed by atoms with Gasteiger partial charge in [-0.2, -0.15) is 0 Å². The summed E-state index contributed by atoms with van der Waals surface area (Å²) in [6.07, 6.45) is -5.04. The monoisotopic (exact) mass is 2110 g/mol. The van der Waals surface area contributed by atoms with Gasteiger partial charge in [-0.05, 0) is 317 Å². The summed E-state index contributed by atoms with van der Waals surface area (Å²) in [5, 5.41) is 20.9. The summed E-state index contributed by atoms with van der Waals surface area (Å²) in [6.45, 7) is 74.9. The Labute approximate surface area is 849 Å². The molecule has 0 radical (unpaired) electrons. The molecule has 5 atom stereocenters. The number of alkyl halides is 17. The van der Waals surface area contributed by atoms with E-state index in [1.54, 1.807) is 125 Å². The van der Waals surface area contributed by atoms with Crippen LogP contribution in [0.1, 0.15) is 310 Å². The zero-order valence-corrected chi connectivity index (χ0v) is 96.1. The van der Waals surface area contributed by atoms with E-state index in [-0.39, 0.29) is 123 Å². The van der Waals surface area contributed by atoms with Crippen LogP contribution in [0.4, 0.5) is 74.6 Å². The third-order valence-electron chi connectivity index (χ3n) is 16.0. The highest BCUT2D eigenvalue weighted by atomic mass is 19.3. The molecular formula is C102H208F17N7O16. The second-order valence-corrected chi connectivity index (χ2v) is 49.5. The summed E-state index contributed by atoms with van der Waals surface area (Å²) in [4.78, 5) is 0. The van der Waals surface area contributed by atoms with E-state index in [1.165, 1.54) is 0 Å². The number of halogens is 17. The van der Waals surface area contributed by atoms with E-state index in [0.717, 1.165) is 6.54 Å². The van der Waals surface area contributed by atoms with Crippen LogP contribution in [0.5, 0.6) is 0 Å². The first-order valence-corrected chi connectivity index (χ1v) is 49.6. The van der Waals surface area contributed by atoms with E-state index in [4.69, 9.17) is 71.1 Å². The lowest BCUT2D eigenvalue weighted by Crippen LogP contribution is -2.46. The Morgan fingerprint density at radius 2 is 0.430 bits per heavy atom. The molecule has 0 rings (SSSR count). The Morgan fingerprint density at radius 3 is 0.768 bits per heavy atom. The molecule has 0 aromatic heterocycles. The van der Waals surface area contributed by atoms with Crippen LogP contribution in [0.25, 0.3) is 0 Å². The van der Waals surface area contributed by atoms with Crippen LogP contribution in [0.2, 0.25) is 0 Å². The molecule has 0 bridgehead atoms. The minimum Gasteiger partial charge on any atom is -0.377 e. The van der Waals surface area contributed by atoms with Crippen molar-refractivity contribution in [1.29, 1.82) is 0 Å². The van der Waals surface area contributed by atoms with Gasteiger partial charge in [0.2, 0.25) is 0 Å². The van der Waals surface area contributed by atoms with Gasteiger partial charge in [-0.1, -0.05) is 0 Å². The Morgan fingerprint density at radius 1 is 0.183 bits per heavy atom. The van der Waals surface area contributed by atoms with Gasteiger partial charge in [-0.15, -0.1) is 0 Å². The van der Waals surface area contributed by atoms with E-state index in [9.17, 15) is 74.6 Å². The summed E-state index contributed by atoms with van der Waals surface area (Å²) >= 11 is 0. The van der Waals surface area contributed by atoms with Gasteiger partial charge in [0.25, 0.3) is 35.5 Å². The number of nitrogens with one attached hydrogen (secondary N) is 7. The van der Waals surface area contributed by atoms with E-state index < -0.39 is 172 Å². The van der Waals surface area contributed by atoms with Crippen molar-refractivity contribution in [3.63, 3.8) is 0 Å². The van der Waals surface area contributed by atoms with Crippen LogP contribution >= 0.6 is 0 Å². The summed E-state index contributed by atoms with van der Waals surface area (Å²) in [7, 11) is 0. The minimum atomic E-state index is -3.29.